The number of alkyl halides is 3. The summed E-state index contributed by atoms with van der Waals surface area (Å²) in [4.78, 5) is 12.0. The molecule has 0 aromatic heterocycles. The van der Waals surface area contributed by atoms with E-state index in [1.165, 1.54) is 6.07 Å². The minimum atomic E-state index is -4.46. The van der Waals surface area contributed by atoms with Crippen molar-refractivity contribution < 1.29 is 18.0 Å². The second-order valence-electron chi connectivity index (χ2n) is 5.12. The summed E-state index contributed by atoms with van der Waals surface area (Å²) in [6, 6.07) is 3.04. The Labute approximate surface area is 124 Å². The molecule has 0 fully saturated rings. The molecule has 1 atom stereocenters. The molecule has 1 N–H and O–H groups in total. The van der Waals surface area contributed by atoms with Gasteiger partial charge in [0.25, 0.3) is 5.91 Å². The highest BCUT2D eigenvalue weighted by Gasteiger charge is 2.31. The van der Waals surface area contributed by atoms with Crippen LogP contribution in [0.25, 0.3) is 0 Å². The summed E-state index contributed by atoms with van der Waals surface area (Å²) >= 11 is 3.11. The Morgan fingerprint density at radius 2 is 1.90 bits per heavy atom. The van der Waals surface area contributed by atoms with Crippen molar-refractivity contribution in [1.29, 1.82) is 0 Å². The fourth-order valence-electron chi connectivity index (χ4n) is 1.46. The zero-order valence-corrected chi connectivity index (χ0v) is 13.1. The number of hydrogen-bond acceptors (Lipinski definition) is 1. The van der Waals surface area contributed by atoms with Crippen LogP contribution in [0.5, 0.6) is 0 Å². The van der Waals surface area contributed by atoms with Gasteiger partial charge in [0, 0.05) is 11.0 Å². The molecule has 0 bridgehead atoms. The molecule has 0 saturated heterocycles. The van der Waals surface area contributed by atoms with Crippen molar-refractivity contribution in [3.8, 4) is 0 Å². The van der Waals surface area contributed by atoms with Gasteiger partial charge in [-0.2, -0.15) is 13.2 Å². The van der Waals surface area contributed by atoms with E-state index in [1.807, 2.05) is 20.8 Å². The third-order valence-corrected chi connectivity index (χ3v) is 3.95. The van der Waals surface area contributed by atoms with Gasteiger partial charge in [0.2, 0.25) is 0 Å². The van der Waals surface area contributed by atoms with Gasteiger partial charge in [0.15, 0.2) is 0 Å². The summed E-state index contributed by atoms with van der Waals surface area (Å²) in [5, 5.41) is 2.66. The molecule has 2 nitrogen and oxygen atoms in total. The number of rotatable bonds is 4. The standard InChI is InChI=1S/C14H17BrF3NO/c1-8(2)9(3)7-19-13(20)11-6-10(14(16,17)18)4-5-12(11)15/h4-6,8-9H,7H2,1-3H3,(H,19,20). The number of carbonyl (C=O) groups excluding carboxylic acids is 1. The van der Waals surface area contributed by atoms with Crippen molar-refractivity contribution in [2.24, 2.45) is 11.8 Å². The maximum Gasteiger partial charge on any atom is 0.416 e. The molecular formula is C14H17BrF3NO. The van der Waals surface area contributed by atoms with Crippen LogP contribution in [0.3, 0.4) is 0 Å². The van der Waals surface area contributed by atoms with E-state index < -0.39 is 17.6 Å². The molecule has 112 valence electrons. The number of benzene rings is 1. The van der Waals surface area contributed by atoms with Crippen molar-refractivity contribution in [3.63, 3.8) is 0 Å². The van der Waals surface area contributed by atoms with Crippen LogP contribution in [0.1, 0.15) is 36.7 Å². The van der Waals surface area contributed by atoms with Gasteiger partial charge in [-0.05, 0) is 46.0 Å². The fourth-order valence-corrected chi connectivity index (χ4v) is 1.89. The van der Waals surface area contributed by atoms with Crippen LogP contribution in [-0.4, -0.2) is 12.5 Å². The number of amides is 1. The molecule has 0 heterocycles. The smallest absolute Gasteiger partial charge is 0.352 e. The van der Waals surface area contributed by atoms with Crippen LogP contribution >= 0.6 is 15.9 Å². The second kappa shape index (κ2) is 6.61. The van der Waals surface area contributed by atoms with E-state index in [1.54, 1.807) is 0 Å². The zero-order valence-electron chi connectivity index (χ0n) is 11.5. The van der Waals surface area contributed by atoms with Crippen molar-refractivity contribution >= 4 is 21.8 Å². The van der Waals surface area contributed by atoms with Crippen LogP contribution in [0.2, 0.25) is 0 Å². The lowest BCUT2D eigenvalue weighted by molar-refractivity contribution is -0.137. The van der Waals surface area contributed by atoms with Crippen LogP contribution < -0.4 is 5.32 Å². The largest absolute Gasteiger partial charge is 0.416 e. The Bertz CT molecular complexity index is 486. The topological polar surface area (TPSA) is 29.1 Å². The highest BCUT2D eigenvalue weighted by molar-refractivity contribution is 9.10. The Balaban J connectivity index is 2.87. The molecular weight excluding hydrogens is 335 g/mol. The van der Waals surface area contributed by atoms with Gasteiger partial charge in [-0.3, -0.25) is 4.79 Å². The predicted octanol–water partition coefficient (Wildman–Crippen LogP) is 4.49. The summed E-state index contributed by atoms with van der Waals surface area (Å²) < 4.78 is 38.3. The van der Waals surface area contributed by atoms with Crippen LogP contribution in [0, 0.1) is 11.8 Å². The monoisotopic (exact) mass is 351 g/mol. The van der Waals surface area contributed by atoms with Gasteiger partial charge in [-0.1, -0.05) is 20.8 Å². The van der Waals surface area contributed by atoms with E-state index in [2.05, 4.69) is 21.2 Å². The zero-order chi connectivity index (χ0) is 15.5. The van der Waals surface area contributed by atoms with E-state index in [0.29, 0.717) is 16.9 Å². The first kappa shape index (κ1) is 17.0. The Morgan fingerprint density at radius 3 is 2.40 bits per heavy atom. The summed E-state index contributed by atoms with van der Waals surface area (Å²) in [5.41, 5.74) is -0.835. The molecule has 0 aliphatic carbocycles. The average Bonchev–Trinajstić information content (AvgIpc) is 2.34. The van der Waals surface area contributed by atoms with Crippen molar-refractivity contribution in [2.75, 3.05) is 6.54 Å². The lowest BCUT2D eigenvalue weighted by Gasteiger charge is -2.17. The molecule has 1 aromatic carbocycles. The van der Waals surface area contributed by atoms with Gasteiger partial charge in [-0.15, -0.1) is 0 Å². The van der Waals surface area contributed by atoms with Gasteiger partial charge in [-0.25, -0.2) is 0 Å². The quantitative estimate of drug-likeness (QED) is 0.850. The highest BCUT2D eigenvalue weighted by Crippen LogP contribution is 2.31. The van der Waals surface area contributed by atoms with Crippen molar-refractivity contribution in [2.45, 2.75) is 26.9 Å². The maximum atomic E-state index is 12.6. The van der Waals surface area contributed by atoms with E-state index >= 15 is 0 Å². The highest BCUT2D eigenvalue weighted by atomic mass is 79.9. The van der Waals surface area contributed by atoms with Gasteiger partial charge in [0.1, 0.15) is 0 Å². The summed E-state index contributed by atoms with van der Waals surface area (Å²) in [6.07, 6.45) is -4.46. The maximum absolute atomic E-state index is 12.6. The first-order valence-electron chi connectivity index (χ1n) is 6.28. The van der Waals surface area contributed by atoms with Crippen LogP contribution in [0.15, 0.2) is 22.7 Å². The fraction of sp³-hybridized carbons (Fsp3) is 0.500. The minimum absolute atomic E-state index is 0.00391. The van der Waals surface area contributed by atoms with Gasteiger partial charge in [0.05, 0.1) is 11.1 Å². The third kappa shape index (κ3) is 4.51. The van der Waals surface area contributed by atoms with E-state index in [0.717, 1.165) is 12.1 Å². The molecule has 1 amide bonds. The molecule has 0 aliphatic rings. The molecule has 1 rings (SSSR count). The van der Waals surface area contributed by atoms with Crippen LogP contribution in [-0.2, 0) is 6.18 Å². The van der Waals surface area contributed by atoms with Crippen molar-refractivity contribution in [3.05, 3.63) is 33.8 Å². The molecule has 1 aromatic rings. The van der Waals surface area contributed by atoms with Crippen LogP contribution in [0.4, 0.5) is 13.2 Å². The second-order valence-corrected chi connectivity index (χ2v) is 5.98. The molecule has 0 saturated carbocycles. The van der Waals surface area contributed by atoms with E-state index in [9.17, 15) is 18.0 Å². The molecule has 6 heteroatoms. The molecule has 1 unspecified atom stereocenters. The number of halogens is 4. The third-order valence-electron chi connectivity index (χ3n) is 3.26. The summed E-state index contributed by atoms with van der Waals surface area (Å²) in [5.74, 6) is 0.138. The SMILES string of the molecule is CC(C)C(C)CNC(=O)c1cc(C(F)(F)F)ccc1Br. The molecule has 0 radical (unpaired) electrons. The average molecular weight is 352 g/mol. The Kier molecular flexibility index (Phi) is 5.62. The number of nitrogens with one attached hydrogen (secondary N) is 1. The first-order valence-corrected chi connectivity index (χ1v) is 7.07. The number of carbonyl (C=O) groups is 1. The van der Waals surface area contributed by atoms with E-state index in [4.69, 9.17) is 0 Å². The number of hydrogen-bond donors (Lipinski definition) is 1. The molecule has 0 spiro atoms. The molecule has 0 aliphatic heterocycles. The summed E-state index contributed by atoms with van der Waals surface area (Å²) in [7, 11) is 0. The minimum Gasteiger partial charge on any atom is -0.352 e. The van der Waals surface area contributed by atoms with Crippen molar-refractivity contribution in [1.82, 2.24) is 5.32 Å². The normalized spacial score (nSPS) is 13.4. The first-order chi connectivity index (χ1) is 9.12. The van der Waals surface area contributed by atoms with Gasteiger partial charge < -0.3 is 5.32 Å². The predicted molar refractivity (Wildman–Crippen MR) is 75.5 cm³/mol. The summed E-state index contributed by atoms with van der Waals surface area (Å²) in [6.45, 7) is 6.46. The Morgan fingerprint density at radius 1 is 1.30 bits per heavy atom. The lowest BCUT2D eigenvalue weighted by Crippen LogP contribution is -2.30. The van der Waals surface area contributed by atoms with Gasteiger partial charge >= 0.3 is 6.18 Å². The lowest BCUT2D eigenvalue weighted by atomic mass is 9.98. The van der Waals surface area contributed by atoms with E-state index in [-0.39, 0.29) is 11.5 Å². The Hall–Kier alpha value is -1.04. The molecule has 20 heavy (non-hydrogen) atoms.